The Morgan fingerprint density at radius 3 is 2.26 bits per heavy atom. The maximum absolute atomic E-state index is 12.4. The van der Waals surface area contributed by atoms with E-state index in [9.17, 15) is 9.59 Å². The molecule has 10 nitrogen and oxygen atoms in total. The molecule has 0 spiro atoms. The lowest BCUT2D eigenvalue weighted by Crippen LogP contribution is -2.50. The number of esters is 1. The first-order valence-corrected chi connectivity index (χ1v) is 16.9. The van der Waals surface area contributed by atoms with Crippen LogP contribution in [0.5, 0.6) is 11.6 Å². The summed E-state index contributed by atoms with van der Waals surface area (Å²) in [6.45, 7) is 12.8. The molecule has 0 saturated carbocycles. The number of likely N-dealkylation sites (tertiary alicyclic amines) is 1. The largest absolute Gasteiger partial charge is 0.466 e. The van der Waals surface area contributed by atoms with Crippen molar-refractivity contribution in [3.8, 4) is 22.9 Å². The lowest BCUT2D eigenvalue weighted by atomic mass is 9.93. The monoisotopic (exact) mass is 683 g/mol. The Labute approximate surface area is 286 Å². The molecule has 2 aliphatic heterocycles. The zero-order chi connectivity index (χ0) is 33.6. The maximum Gasteiger partial charge on any atom is 0.410 e. The van der Waals surface area contributed by atoms with Crippen LogP contribution in [0.25, 0.3) is 11.3 Å². The van der Waals surface area contributed by atoms with Crippen molar-refractivity contribution in [1.82, 2.24) is 19.8 Å². The van der Waals surface area contributed by atoms with E-state index in [0.29, 0.717) is 79.0 Å². The number of nitrogens with zero attached hydrogens (tertiary/aromatic N) is 5. The molecule has 2 fully saturated rings. The van der Waals surface area contributed by atoms with Gasteiger partial charge in [0.1, 0.15) is 17.2 Å². The highest BCUT2D eigenvalue weighted by molar-refractivity contribution is 6.35. The van der Waals surface area contributed by atoms with Gasteiger partial charge in [-0.2, -0.15) is 0 Å². The van der Waals surface area contributed by atoms with Crippen LogP contribution in [0, 0.1) is 5.92 Å². The second-order valence-corrected chi connectivity index (χ2v) is 13.9. The number of hydrogen-bond acceptors (Lipinski definition) is 9. The molecule has 0 atom stereocenters. The molecular weight excluding hydrogens is 641 g/mol. The van der Waals surface area contributed by atoms with Crippen molar-refractivity contribution in [3.63, 3.8) is 0 Å². The minimum absolute atomic E-state index is 0.116. The Morgan fingerprint density at radius 2 is 1.64 bits per heavy atom. The molecule has 0 unspecified atom stereocenters. The number of piperazine rings is 1. The van der Waals surface area contributed by atoms with E-state index in [4.69, 9.17) is 42.4 Å². The van der Waals surface area contributed by atoms with Crippen LogP contribution in [0.1, 0.15) is 52.5 Å². The highest BCUT2D eigenvalue weighted by Gasteiger charge is 2.27. The van der Waals surface area contributed by atoms with Crippen LogP contribution in [0.15, 0.2) is 48.7 Å². The van der Waals surface area contributed by atoms with Gasteiger partial charge in [0.05, 0.1) is 18.5 Å². The number of hydrogen-bond donors (Lipinski definition) is 0. The number of halogens is 2. The van der Waals surface area contributed by atoms with Gasteiger partial charge < -0.3 is 24.0 Å². The van der Waals surface area contributed by atoms with E-state index >= 15 is 0 Å². The number of aromatic nitrogens is 2. The molecule has 47 heavy (non-hydrogen) atoms. The Morgan fingerprint density at radius 1 is 0.936 bits per heavy atom. The van der Waals surface area contributed by atoms with Gasteiger partial charge in [-0.15, -0.1) is 0 Å². The highest BCUT2D eigenvalue weighted by Crippen LogP contribution is 2.31. The summed E-state index contributed by atoms with van der Waals surface area (Å²) in [4.78, 5) is 40.1. The fourth-order valence-corrected chi connectivity index (χ4v) is 6.33. The molecule has 1 aromatic carbocycles. The van der Waals surface area contributed by atoms with Crippen LogP contribution in [0.4, 0.5) is 10.6 Å². The number of pyridine rings is 2. The normalized spacial score (nSPS) is 16.2. The van der Waals surface area contributed by atoms with E-state index in [1.807, 2.05) is 64.1 Å². The van der Waals surface area contributed by atoms with Crippen molar-refractivity contribution >= 4 is 41.1 Å². The summed E-state index contributed by atoms with van der Waals surface area (Å²) in [7, 11) is 0. The molecule has 5 rings (SSSR count). The molecule has 252 valence electrons. The summed E-state index contributed by atoms with van der Waals surface area (Å²) in [5.74, 6) is 2.03. The van der Waals surface area contributed by atoms with Gasteiger partial charge in [-0.1, -0.05) is 23.2 Å². The summed E-state index contributed by atoms with van der Waals surface area (Å²) in [6.07, 6.45) is 3.76. The quantitative estimate of drug-likeness (QED) is 0.213. The van der Waals surface area contributed by atoms with Gasteiger partial charge in [0.2, 0.25) is 5.88 Å². The number of anilines is 1. The van der Waals surface area contributed by atoms with E-state index in [1.165, 1.54) is 0 Å². The molecular formula is C35H43Cl2N5O5. The van der Waals surface area contributed by atoms with Crippen molar-refractivity contribution in [2.45, 2.75) is 59.1 Å². The Kier molecular flexibility index (Phi) is 11.5. The van der Waals surface area contributed by atoms with Crippen molar-refractivity contribution < 1.29 is 23.8 Å². The lowest BCUT2D eigenvalue weighted by molar-refractivity contribution is -0.144. The molecule has 0 radical (unpaired) electrons. The molecule has 2 aliphatic rings. The number of ether oxygens (including phenoxy) is 3. The fraction of sp³-hybridized carbons (Fsp3) is 0.486. The smallest absolute Gasteiger partial charge is 0.410 e. The summed E-state index contributed by atoms with van der Waals surface area (Å²) in [5.41, 5.74) is 2.01. The molecule has 1 amide bonds. The van der Waals surface area contributed by atoms with Gasteiger partial charge in [0.25, 0.3) is 0 Å². The molecule has 12 heteroatoms. The van der Waals surface area contributed by atoms with Crippen LogP contribution in [-0.4, -0.2) is 83.3 Å². The highest BCUT2D eigenvalue weighted by atomic mass is 35.5. The summed E-state index contributed by atoms with van der Waals surface area (Å²) in [6, 6.07) is 13.1. The molecule has 4 heterocycles. The molecule has 2 saturated heterocycles. The zero-order valence-corrected chi connectivity index (χ0v) is 29.0. The standard InChI is InChI=1S/C35H43Cl2N5O5/c1-5-45-33(43)18-24-8-10-40(11-9-24)23-25-16-30(26-19-27(36)21-28(37)20-26)39-32(17-25)46-29-6-7-31(38-22-29)41-12-14-42(15-13-41)34(44)47-35(2,3)4/h6-7,16-17,19-22,24H,5,8-15,18,23H2,1-4H3. The van der Waals surface area contributed by atoms with Crippen molar-refractivity contribution in [2.24, 2.45) is 5.92 Å². The van der Waals surface area contributed by atoms with Gasteiger partial charge in [-0.3, -0.25) is 9.69 Å². The first-order valence-electron chi connectivity index (χ1n) is 16.2. The minimum atomic E-state index is -0.522. The lowest BCUT2D eigenvalue weighted by Gasteiger charge is -2.36. The maximum atomic E-state index is 12.4. The first kappa shape index (κ1) is 34.7. The van der Waals surface area contributed by atoms with E-state index in [-0.39, 0.29) is 12.1 Å². The van der Waals surface area contributed by atoms with Crippen LogP contribution >= 0.6 is 23.2 Å². The van der Waals surface area contributed by atoms with Crippen LogP contribution in [-0.2, 0) is 20.8 Å². The number of rotatable bonds is 9. The predicted octanol–water partition coefficient (Wildman–Crippen LogP) is 7.47. The molecule has 0 aliphatic carbocycles. The number of benzene rings is 1. The van der Waals surface area contributed by atoms with Crippen LogP contribution < -0.4 is 9.64 Å². The molecule has 0 N–H and O–H groups in total. The van der Waals surface area contributed by atoms with E-state index in [0.717, 1.165) is 42.9 Å². The van der Waals surface area contributed by atoms with Crippen molar-refractivity contribution in [1.29, 1.82) is 0 Å². The number of carbonyl (C=O) groups is 2. The second kappa shape index (κ2) is 15.5. The fourth-order valence-electron chi connectivity index (χ4n) is 5.80. The third kappa shape index (κ3) is 10.2. The van der Waals surface area contributed by atoms with Gasteiger partial charge >= 0.3 is 12.1 Å². The third-order valence-corrected chi connectivity index (χ3v) is 8.53. The predicted molar refractivity (Wildman–Crippen MR) is 183 cm³/mol. The SMILES string of the molecule is CCOC(=O)CC1CCN(Cc2cc(Oc3ccc(N4CCN(C(=O)OC(C)(C)C)CC4)nc3)nc(-c3cc(Cl)cc(Cl)c3)c2)CC1. The average molecular weight is 685 g/mol. The summed E-state index contributed by atoms with van der Waals surface area (Å²) >= 11 is 12.7. The van der Waals surface area contributed by atoms with Crippen molar-refractivity contribution in [2.75, 3.05) is 50.8 Å². The van der Waals surface area contributed by atoms with Gasteiger partial charge in [-0.25, -0.2) is 14.8 Å². The average Bonchev–Trinajstić information content (AvgIpc) is 3.01. The Balaban J connectivity index is 1.26. The number of piperidine rings is 1. The van der Waals surface area contributed by atoms with E-state index < -0.39 is 5.60 Å². The Hall–Kier alpha value is -3.60. The summed E-state index contributed by atoms with van der Waals surface area (Å²) in [5, 5.41) is 1.05. The van der Waals surface area contributed by atoms with Crippen LogP contribution in [0.3, 0.4) is 0 Å². The summed E-state index contributed by atoms with van der Waals surface area (Å²) < 4.78 is 16.9. The first-order chi connectivity index (χ1) is 22.4. The second-order valence-electron chi connectivity index (χ2n) is 13.0. The van der Waals surface area contributed by atoms with E-state index in [2.05, 4.69) is 14.8 Å². The van der Waals surface area contributed by atoms with Gasteiger partial charge in [0, 0.05) is 60.8 Å². The Bertz CT molecular complexity index is 1510. The minimum Gasteiger partial charge on any atom is -0.466 e. The molecule has 0 bridgehead atoms. The van der Waals surface area contributed by atoms with Gasteiger partial charge in [0.15, 0.2) is 0 Å². The molecule has 2 aromatic heterocycles. The third-order valence-electron chi connectivity index (χ3n) is 8.09. The van der Waals surface area contributed by atoms with E-state index in [1.54, 1.807) is 17.2 Å². The molecule has 3 aromatic rings. The van der Waals surface area contributed by atoms with Crippen LogP contribution in [0.2, 0.25) is 10.0 Å². The topological polar surface area (TPSA) is 97.3 Å². The zero-order valence-electron chi connectivity index (χ0n) is 27.5. The van der Waals surface area contributed by atoms with Crippen molar-refractivity contribution in [3.05, 3.63) is 64.3 Å². The van der Waals surface area contributed by atoms with Gasteiger partial charge in [-0.05, 0) is 102 Å². The number of amides is 1. The number of carbonyl (C=O) groups excluding carboxylic acids is 2.